The van der Waals surface area contributed by atoms with Crippen molar-refractivity contribution in [1.29, 1.82) is 0 Å². The van der Waals surface area contributed by atoms with Crippen molar-refractivity contribution in [2.75, 3.05) is 12.0 Å². The van der Waals surface area contributed by atoms with Crippen LogP contribution in [-0.2, 0) is 4.79 Å². The molecular formula is C13H13FN4O2S. The SMILES string of the molecule is CSCC(=O)NNC(=O)c1cncn1-c1ccc(F)cc1. The summed E-state index contributed by atoms with van der Waals surface area (Å²) in [4.78, 5) is 27.2. The van der Waals surface area contributed by atoms with E-state index in [1.165, 1.54) is 53.1 Å². The molecule has 0 fully saturated rings. The van der Waals surface area contributed by atoms with Crippen molar-refractivity contribution in [2.24, 2.45) is 0 Å². The van der Waals surface area contributed by atoms with E-state index in [0.29, 0.717) is 5.69 Å². The normalized spacial score (nSPS) is 10.2. The maximum Gasteiger partial charge on any atom is 0.288 e. The first-order chi connectivity index (χ1) is 10.1. The van der Waals surface area contributed by atoms with Crippen LogP contribution in [-0.4, -0.2) is 33.4 Å². The van der Waals surface area contributed by atoms with Gasteiger partial charge in [0.25, 0.3) is 5.91 Å². The molecule has 0 aliphatic rings. The van der Waals surface area contributed by atoms with E-state index in [4.69, 9.17) is 0 Å². The lowest BCUT2D eigenvalue weighted by molar-refractivity contribution is -0.119. The fourth-order valence-corrected chi connectivity index (χ4v) is 1.96. The van der Waals surface area contributed by atoms with E-state index in [0.717, 1.165) is 0 Å². The molecular weight excluding hydrogens is 295 g/mol. The lowest BCUT2D eigenvalue weighted by atomic mass is 10.3. The van der Waals surface area contributed by atoms with Gasteiger partial charge in [-0.25, -0.2) is 9.37 Å². The van der Waals surface area contributed by atoms with Gasteiger partial charge in [0, 0.05) is 5.69 Å². The molecule has 110 valence electrons. The van der Waals surface area contributed by atoms with E-state index in [-0.39, 0.29) is 23.2 Å². The van der Waals surface area contributed by atoms with Crippen LogP contribution < -0.4 is 10.9 Å². The molecule has 0 bridgehead atoms. The Morgan fingerprint density at radius 2 is 2.00 bits per heavy atom. The van der Waals surface area contributed by atoms with Crippen LogP contribution in [0.25, 0.3) is 5.69 Å². The highest BCUT2D eigenvalue weighted by Crippen LogP contribution is 2.11. The largest absolute Gasteiger partial charge is 0.295 e. The van der Waals surface area contributed by atoms with Crippen LogP contribution in [0, 0.1) is 5.82 Å². The number of carbonyl (C=O) groups excluding carboxylic acids is 2. The molecule has 1 heterocycles. The zero-order chi connectivity index (χ0) is 15.2. The van der Waals surface area contributed by atoms with E-state index in [2.05, 4.69) is 15.8 Å². The summed E-state index contributed by atoms with van der Waals surface area (Å²) in [6.07, 6.45) is 4.58. The maximum atomic E-state index is 12.9. The average Bonchev–Trinajstić information content (AvgIpc) is 2.95. The van der Waals surface area contributed by atoms with E-state index in [1.807, 2.05) is 0 Å². The van der Waals surface area contributed by atoms with Crippen LogP contribution in [0.3, 0.4) is 0 Å². The Morgan fingerprint density at radius 1 is 1.29 bits per heavy atom. The molecule has 2 rings (SSSR count). The number of aromatic nitrogens is 2. The van der Waals surface area contributed by atoms with Crippen molar-refractivity contribution in [2.45, 2.75) is 0 Å². The summed E-state index contributed by atoms with van der Waals surface area (Å²) >= 11 is 1.34. The minimum absolute atomic E-state index is 0.228. The molecule has 0 aliphatic carbocycles. The van der Waals surface area contributed by atoms with Gasteiger partial charge in [0.1, 0.15) is 11.5 Å². The predicted molar refractivity (Wildman–Crippen MR) is 77.5 cm³/mol. The predicted octanol–water partition coefficient (Wildman–Crippen LogP) is 1.14. The van der Waals surface area contributed by atoms with Crippen molar-refractivity contribution in [1.82, 2.24) is 20.4 Å². The van der Waals surface area contributed by atoms with Crippen molar-refractivity contribution in [3.63, 3.8) is 0 Å². The van der Waals surface area contributed by atoms with Gasteiger partial charge >= 0.3 is 0 Å². The molecule has 2 aromatic rings. The molecule has 0 atom stereocenters. The van der Waals surface area contributed by atoms with E-state index < -0.39 is 5.91 Å². The summed E-state index contributed by atoms with van der Waals surface area (Å²) in [6, 6.07) is 5.63. The van der Waals surface area contributed by atoms with E-state index in [9.17, 15) is 14.0 Å². The molecule has 0 spiro atoms. The lowest BCUT2D eigenvalue weighted by Crippen LogP contribution is -2.43. The fraction of sp³-hybridized carbons (Fsp3) is 0.154. The van der Waals surface area contributed by atoms with Crippen LogP contribution in [0.2, 0.25) is 0 Å². The lowest BCUT2D eigenvalue weighted by Gasteiger charge is -2.09. The van der Waals surface area contributed by atoms with Crippen molar-refractivity contribution >= 4 is 23.6 Å². The van der Waals surface area contributed by atoms with E-state index >= 15 is 0 Å². The Bertz CT molecular complexity index is 642. The van der Waals surface area contributed by atoms with Gasteiger partial charge in [-0.05, 0) is 30.5 Å². The Kier molecular flexibility index (Phi) is 4.94. The smallest absolute Gasteiger partial charge is 0.288 e. The molecule has 2 N–H and O–H groups in total. The van der Waals surface area contributed by atoms with Crippen molar-refractivity contribution in [3.8, 4) is 5.69 Å². The third kappa shape index (κ3) is 3.82. The quantitative estimate of drug-likeness (QED) is 0.830. The Labute approximate surface area is 124 Å². The summed E-state index contributed by atoms with van der Waals surface area (Å²) in [5.74, 6) is -0.929. The second-order valence-electron chi connectivity index (χ2n) is 4.06. The molecule has 0 radical (unpaired) electrons. The van der Waals surface area contributed by atoms with Crippen LogP contribution in [0.1, 0.15) is 10.5 Å². The topological polar surface area (TPSA) is 76.0 Å². The number of halogens is 1. The summed E-state index contributed by atoms with van der Waals surface area (Å²) in [6.45, 7) is 0. The van der Waals surface area contributed by atoms with Crippen LogP contribution in [0.5, 0.6) is 0 Å². The molecule has 8 heteroatoms. The first-order valence-electron chi connectivity index (χ1n) is 5.98. The molecule has 0 saturated heterocycles. The number of nitrogens with zero attached hydrogens (tertiary/aromatic N) is 2. The fourth-order valence-electron chi connectivity index (χ4n) is 1.63. The Morgan fingerprint density at radius 3 is 2.67 bits per heavy atom. The average molecular weight is 308 g/mol. The van der Waals surface area contributed by atoms with Gasteiger partial charge < -0.3 is 0 Å². The van der Waals surface area contributed by atoms with Gasteiger partial charge in [-0.3, -0.25) is 25.0 Å². The number of benzene rings is 1. The number of imidazole rings is 1. The number of rotatable bonds is 4. The van der Waals surface area contributed by atoms with E-state index in [1.54, 1.807) is 6.26 Å². The first kappa shape index (κ1) is 15.0. The van der Waals surface area contributed by atoms with Gasteiger partial charge in [-0.15, -0.1) is 0 Å². The summed E-state index contributed by atoms with van der Waals surface area (Å²) < 4.78 is 14.4. The zero-order valence-corrected chi connectivity index (χ0v) is 12.0. The van der Waals surface area contributed by atoms with Gasteiger partial charge in [0.2, 0.25) is 5.91 Å². The number of hydrogen-bond donors (Lipinski definition) is 2. The maximum absolute atomic E-state index is 12.9. The molecule has 6 nitrogen and oxygen atoms in total. The Hall–Kier alpha value is -2.35. The minimum atomic E-state index is -0.508. The second kappa shape index (κ2) is 6.89. The molecule has 0 saturated carbocycles. The molecule has 2 amide bonds. The molecule has 21 heavy (non-hydrogen) atoms. The number of carbonyl (C=O) groups is 2. The highest BCUT2D eigenvalue weighted by Gasteiger charge is 2.13. The molecule has 1 aromatic heterocycles. The second-order valence-corrected chi connectivity index (χ2v) is 4.93. The van der Waals surface area contributed by atoms with Crippen LogP contribution in [0.15, 0.2) is 36.8 Å². The number of amides is 2. The van der Waals surface area contributed by atoms with Gasteiger partial charge in [0.05, 0.1) is 18.3 Å². The molecule has 0 aliphatic heterocycles. The van der Waals surface area contributed by atoms with Crippen molar-refractivity contribution < 1.29 is 14.0 Å². The summed E-state index contributed by atoms with van der Waals surface area (Å²) in [5, 5.41) is 0. The third-order valence-electron chi connectivity index (χ3n) is 2.57. The number of hydrogen-bond acceptors (Lipinski definition) is 4. The monoisotopic (exact) mass is 308 g/mol. The van der Waals surface area contributed by atoms with Gasteiger partial charge in [-0.2, -0.15) is 11.8 Å². The standard InChI is InChI=1S/C13H13FN4O2S/c1-21-7-12(19)16-17-13(20)11-6-15-8-18(11)10-4-2-9(14)3-5-10/h2-6,8H,7H2,1H3,(H,16,19)(H,17,20). The van der Waals surface area contributed by atoms with Gasteiger partial charge in [0.15, 0.2) is 0 Å². The molecule has 0 unspecified atom stereocenters. The van der Waals surface area contributed by atoms with Gasteiger partial charge in [-0.1, -0.05) is 0 Å². The highest BCUT2D eigenvalue weighted by atomic mass is 32.2. The summed E-state index contributed by atoms with van der Waals surface area (Å²) in [5.41, 5.74) is 5.42. The number of thioether (sulfide) groups is 1. The minimum Gasteiger partial charge on any atom is -0.295 e. The zero-order valence-electron chi connectivity index (χ0n) is 11.2. The molecule has 1 aromatic carbocycles. The van der Waals surface area contributed by atoms with Crippen LogP contribution in [0.4, 0.5) is 4.39 Å². The van der Waals surface area contributed by atoms with Crippen molar-refractivity contribution in [3.05, 3.63) is 48.3 Å². The first-order valence-corrected chi connectivity index (χ1v) is 7.37. The van der Waals surface area contributed by atoms with Crippen LogP contribution >= 0.6 is 11.8 Å². The number of nitrogens with one attached hydrogen (secondary N) is 2. The third-order valence-corrected chi connectivity index (χ3v) is 3.12. The highest BCUT2D eigenvalue weighted by molar-refractivity contribution is 7.99. The summed E-state index contributed by atoms with van der Waals surface area (Å²) in [7, 11) is 0. The number of hydrazine groups is 1. The Balaban J connectivity index is 2.11.